The molecule has 0 aliphatic carbocycles. The van der Waals surface area contributed by atoms with E-state index in [2.05, 4.69) is 19.1 Å². The minimum Gasteiger partial charge on any atom is -0.489 e. The molecule has 1 aliphatic heterocycles. The second-order valence-electron chi connectivity index (χ2n) is 7.68. The van der Waals surface area contributed by atoms with Gasteiger partial charge in [0.25, 0.3) is 0 Å². The third kappa shape index (κ3) is 5.75. The van der Waals surface area contributed by atoms with E-state index in [9.17, 15) is 4.79 Å². The summed E-state index contributed by atoms with van der Waals surface area (Å²) < 4.78 is 12.3. The topological polar surface area (TPSA) is 35.5 Å². The number of aldehydes is 1. The number of benzene rings is 2. The lowest BCUT2D eigenvalue weighted by Gasteiger charge is -2.29. The first-order valence-corrected chi connectivity index (χ1v) is 11.1. The molecular weight excluding hydrogens is 407 g/mol. The number of rotatable bonds is 11. The van der Waals surface area contributed by atoms with E-state index in [0.29, 0.717) is 29.7 Å². The number of hydrogen-bond donors (Lipinski definition) is 0. The second-order valence-corrected chi connectivity index (χ2v) is 8.56. The molecule has 0 radical (unpaired) electrons. The summed E-state index contributed by atoms with van der Waals surface area (Å²) in [4.78, 5) is 10.5. The smallest absolute Gasteiger partial charge is 0.120 e. The molecule has 5 heteroatoms. The van der Waals surface area contributed by atoms with Gasteiger partial charge in [0.2, 0.25) is 0 Å². The highest BCUT2D eigenvalue weighted by atomic mass is 35.5. The van der Waals surface area contributed by atoms with E-state index >= 15 is 0 Å². The Balaban J connectivity index is 1.67. The van der Waals surface area contributed by atoms with Crippen LogP contribution < -0.4 is 4.74 Å². The van der Waals surface area contributed by atoms with Gasteiger partial charge in [0.15, 0.2) is 0 Å². The number of carbonyl (C=O) groups excluding carboxylic acids is 1. The molecule has 3 rings (SSSR count). The van der Waals surface area contributed by atoms with E-state index in [-0.39, 0.29) is 5.60 Å². The average molecular weight is 435 g/mol. The molecule has 0 fully saturated rings. The summed E-state index contributed by atoms with van der Waals surface area (Å²) >= 11 is 12.1. The molecule has 1 unspecified atom stereocenters. The van der Waals surface area contributed by atoms with Gasteiger partial charge >= 0.3 is 0 Å². The molecule has 1 heterocycles. The van der Waals surface area contributed by atoms with Crippen molar-refractivity contribution in [1.82, 2.24) is 0 Å². The molecule has 2 aromatic carbocycles. The predicted molar refractivity (Wildman–Crippen MR) is 118 cm³/mol. The van der Waals surface area contributed by atoms with Gasteiger partial charge in [-0.1, -0.05) is 55.5 Å². The first kappa shape index (κ1) is 22.1. The first-order valence-electron chi connectivity index (χ1n) is 10.3. The van der Waals surface area contributed by atoms with Gasteiger partial charge in [-0.05, 0) is 66.3 Å². The van der Waals surface area contributed by atoms with Crippen LogP contribution in [-0.4, -0.2) is 6.29 Å². The van der Waals surface area contributed by atoms with Gasteiger partial charge < -0.3 is 14.3 Å². The lowest BCUT2D eigenvalue weighted by atomic mass is 9.83. The van der Waals surface area contributed by atoms with Crippen molar-refractivity contribution in [3.8, 4) is 5.75 Å². The Kier molecular flexibility index (Phi) is 7.99. The number of halogens is 2. The van der Waals surface area contributed by atoms with Crippen molar-refractivity contribution >= 4 is 29.5 Å². The van der Waals surface area contributed by atoms with Gasteiger partial charge in [-0.25, -0.2) is 0 Å². The number of carbonyl (C=O) groups is 1. The van der Waals surface area contributed by atoms with Crippen LogP contribution in [0.5, 0.6) is 5.75 Å². The fraction of sp³-hybridized carbons (Fsp3) is 0.458. The van der Waals surface area contributed by atoms with E-state index in [0.717, 1.165) is 56.1 Å². The van der Waals surface area contributed by atoms with Crippen molar-refractivity contribution in [2.24, 2.45) is 0 Å². The molecule has 0 spiro atoms. The Morgan fingerprint density at radius 2 is 1.86 bits per heavy atom. The summed E-state index contributed by atoms with van der Waals surface area (Å²) in [5.74, 6) is 0.821. The van der Waals surface area contributed by atoms with Crippen LogP contribution in [0.2, 0.25) is 10.0 Å². The minimum absolute atomic E-state index is 0.204. The van der Waals surface area contributed by atoms with Crippen molar-refractivity contribution in [2.45, 2.75) is 70.7 Å². The summed E-state index contributed by atoms with van der Waals surface area (Å²) in [5.41, 5.74) is 3.22. The highest BCUT2D eigenvalue weighted by molar-refractivity contribution is 6.34. The van der Waals surface area contributed by atoms with Crippen LogP contribution in [0.1, 0.15) is 68.6 Å². The van der Waals surface area contributed by atoms with E-state index in [1.165, 1.54) is 11.1 Å². The van der Waals surface area contributed by atoms with Gasteiger partial charge in [0.05, 0.1) is 12.2 Å². The maximum atomic E-state index is 10.5. The van der Waals surface area contributed by atoms with Crippen molar-refractivity contribution in [1.29, 1.82) is 0 Å². The summed E-state index contributed by atoms with van der Waals surface area (Å²) in [7, 11) is 0. The quantitative estimate of drug-likeness (QED) is 0.276. The largest absolute Gasteiger partial charge is 0.489 e. The van der Waals surface area contributed by atoms with Crippen molar-refractivity contribution < 1.29 is 14.3 Å². The molecule has 0 saturated carbocycles. The maximum absolute atomic E-state index is 10.5. The SMILES string of the molecule is CCCC1(CCCCCC=O)OCc2cc(OCc3cc(Cl)cc(Cl)c3)ccc21. The zero-order valence-electron chi connectivity index (χ0n) is 16.9. The number of unbranched alkanes of at least 4 members (excludes halogenated alkanes) is 3. The van der Waals surface area contributed by atoms with E-state index in [4.69, 9.17) is 32.7 Å². The van der Waals surface area contributed by atoms with Gasteiger partial charge in [-0.15, -0.1) is 0 Å². The first-order chi connectivity index (χ1) is 14.1. The third-order valence-corrected chi connectivity index (χ3v) is 5.89. The summed E-state index contributed by atoms with van der Waals surface area (Å²) in [5, 5.41) is 1.21. The highest BCUT2D eigenvalue weighted by Crippen LogP contribution is 2.45. The van der Waals surface area contributed by atoms with Crippen LogP contribution >= 0.6 is 23.2 Å². The number of ether oxygens (including phenoxy) is 2. The van der Waals surface area contributed by atoms with Crippen molar-refractivity contribution in [3.05, 3.63) is 63.1 Å². The molecule has 0 aromatic heterocycles. The number of hydrogen-bond acceptors (Lipinski definition) is 3. The second kappa shape index (κ2) is 10.5. The molecule has 1 aliphatic rings. The fourth-order valence-corrected chi connectivity index (χ4v) is 4.71. The highest BCUT2D eigenvalue weighted by Gasteiger charge is 2.38. The Morgan fingerprint density at radius 1 is 1.07 bits per heavy atom. The molecule has 0 N–H and O–H groups in total. The molecular formula is C24H28Cl2O3. The van der Waals surface area contributed by atoms with Gasteiger partial charge in [-0.3, -0.25) is 0 Å². The molecule has 0 bridgehead atoms. The zero-order chi connectivity index (χ0) is 20.7. The molecule has 29 heavy (non-hydrogen) atoms. The van der Waals surface area contributed by atoms with Crippen molar-refractivity contribution in [2.75, 3.05) is 0 Å². The normalized spacial score (nSPS) is 17.9. The van der Waals surface area contributed by atoms with E-state index in [1.807, 2.05) is 18.2 Å². The van der Waals surface area contributed by atoms with E-state index < -0.39 is 0 Å². The van der Waals surface area contributed by atoms with Crippen LogP contribution in [0.15, 0.2) is 36.4 Å². The van der Waals surface area contributed by atoms with Gasteiger partial charge in [-0.2, -0.15) is 0 Å². The Labute approximate surface area is 183 Å². The Hall–Kier alpha value is -1.55. The zero-order valence-corrected chi connectivity index (χ0v) is 18.4. The monoisotopic (exact) mass is 434 g/mol. The molecule has 3 nitrogen and oxygen atoms in total. The van der Waals surface area contributed by atoms with Crippen LogP contribution in [0.25, 0.3) is 0 Å². The number of fused-ring (bicyclic) bond motifs is 1. The lowest BCUT2D eigenvalue weighted by molar-refractivity contribution is -0.107. The van der Waals surface area contributed by atoms with Crippen LogP contribution in [-0.2, 0) is 28.3 Å². The van der Waals surface area contributed by atoms with Crippen LogP contribution in [0, 0.1) is 0 Å². The molecule has 156 valence electrons. The van der Waals surface area contributed by atoms with Crippen LogP contribution in [0.3, 0.4) is 0 Å². The molecule has 2 aromatic rings. The molecule has 1 atom stereocenters. The third-order valence-electron chi connectivity index (χ3n) is 5.46. The van der Waals surface area contributed by atoms with E-state index in [1.54, 1.807) is 6.07 Å². The lowest BCUT2D eigenvalue weighted by Crippen LogP contribution is -2.25. The Bertz CT molecular complexity index is 817. The van der Waals surface area contributed by atoms with Gasteiger partial charge in [0.1, 0.15) is 18.6 Å². The summed E-state index contributed by atoms with van der Waals surface area (Å²) in [6.07, 6.45) is 7.81. The van der Waals surface area contributed by atoms with Crippen molar-refractivity contribution in [3.63, 3.8) is 0 Å². The summed E-state index contributed by atoms with van der Waals surface area (Å²) in [6.45, 7) is 3.23. The Morgan fingerprint density at radius 3 is 2.59 bits per heavy atom. The standard InChI is InChI=1S/C24H28Cl2O3/c1-2-9-24(10-5-3-4-6-11-27)23-8-7-22(14-19(23)17-29-24)28-16-18-12-20(25)15-21(26)13-18/h7-8,11-15H,2-6,9-10,16-17H2,1H3. The van der Waals surface area contributed by atoms with Crippen LogP contribution in [0.4, 0.5) is 0 Å². The predicted octanol–water partition coefficient (Wildman–Crippen LogP) is 7.25. The fourth-order valence-electron chi connectivity index (χ4n) is 4.14. The minimum atomic E-state index is -0.204. The summed E-state index contributed by atoms with van der Waals surface area (Å²) in [6, 6.07) is 11.7. The molecule has 0 saturated heterocycles. The maximum Gasteiger partial charge on any atom is 0.120 e. The average Bonchev–Trinajstić information content (AvgIpc) is 3.04. The molecule has 0 amide bonds. The van der Waals surface area contributed by atoms with Gasteiger partial charge in [0, 0.05) is 16.5 Å².